The normalized spacial score (nSPS) is 14.6. The highest BCUT2D eigenvalue weighted by Crippen LogP contribution is 2.34. The van der Waals surface area contributed by atoms with Crippen LogP contribution in [0.2, 0.25) is 0 Å². The Balaban J connectivity index is 2.31. The summed E-state index contributed by atoms with van der Waals surface area (Å²) in [6.45, 7) is 1.11. The Hall–Kier alpha value is -2.24. The minimum absolute atomic E-state index is 0.0158. The van der Waals surface area contributed by atoms with Crippen LogP contribution in [0.3, 0.4) is 0 Å². The Kier molecular flexibility index (Phi) is 3.83. The number of hydrogen-bond donors (Lipinski definition) is 2. The van der Waals surface area contributed by atoms with E-state index in [4.69, 9.17) is 0 Å². The molecule has 0 atom stereocenters. The predicted molar refractivity (Wildman–Crippen MR) is 69.3 cm³/mol. The summed E-state index contributed by atoms with van der Waals surface area (Å²) < 4.78 is 51.9. The Morgan fingerprint density at radius 3 is 2.55 bits per heavy atom. The van der Waals surface area contributed by atoms with Gasteiger partial charge in [-0.3, -0.25) is 0 Å². The highest BCUT2D eigenvalue weighted by Gasteiger charge is 2.33. The first-order valence-corrected chi connectivity index (χ1v) is 5.83. The zero-order valence-electron chi connectivity index (χ0n) is 10.6. The fourth-order valence-corrected chi connectivity index (χ4v) is 1.77. The number of rotatable bonds is 2. The lowest BCUT2D eigenvalue weighted by Gasteiger charge is -2.15. The van der Waals surface area contributed by atoms with Crippen LogP contribution in [-0.2, 0) is 6.18 Å². The van der Waals surface area contributed by atoms with Crippen molar-refractivity contribution in [3.05, 3.63) is 65.4 Å². The second-order valence-electron chi connectivity index (χ2n) is 4.19. The maximum atomic E-state index is 14.0. The third-order valence-electron chi connectivity index (χ3n) is 2.78. The molecule has 0 saturated carbocycles. The molecule has 6 heteroatoms. The lowest BCUT2D eigenvalue weighted by molar-refractivity contribution is -0.138. The lowest BCUT2D eigenvalue weighted by Crippen LogP contribution is -2.15. The topological polar surface area (TPSA) is 24.1 Å². The number of hydrogen-bond acceptors (Lipinski definition) is 2. The number of allylic oxidation sites excluding steroid dienone is 4. The second-order valence-corrected chi connectivity index (χ2v) is 4.19. The summed E-state index contributed by atoms with van der Waals surface area (Å²) in [7, 11) is 0. The van der Waals surface area contributed by atoms with Crippen molar-refractivity contribution >= 4 is 5.69 Å². The number of halogens is 4. The first kappa shape index (κ1) is 14.2. The van der Waals surface area contributed by atoms with Crippen LogP contribution >= 0.6 is 0 Å². The van der Waals surface area contributed by atoms with E-state index < -0.39 is 23.1 Å². The molecule has 106 valence electrons. The third kappa shape index (κ3) is 3.01. The van der Waals surface area contributed by atoms with Crippen LogP contribution in [0.15, 0.2) is 48.5 Å². The fraction of sp³-hybridized carbons (Fsp3) is 0.143. The van der Waals surface area contributed by atoms with E-state index in [0.29, 0.717) is 5.82 Å². The quantitative estimate of drug-likeness (QED) is 0.800. The highest BCUT2D eigenvalue weighted by atomic mass is 19.4. The van der Waals surface area contributed by atoms with Crippen LogP contribution in [0.25, 0.3) is 0 Å². The van der Waals surface area contributed by atoms with E-state index in [0.717, 1.165) is 19.1 Å². The SMILES string of the molecule is Cc1c(C(F)(F)F)ccc(NC2=CC=CC=CN2)c1F. The minimum atomic E-state index is -4.56. The van der Waals surface area contributed by atoms with Crippen molar-refractivity contribution in [2.45, 2.75) is 13.1 Å². The molecule has 1 aliphatic heterocycles. The molecular formula is C14H12F4N2. The predicted octanol–water partition coefficient (Wildman–Crippen LogP) is 4.08. The molecule has 0 saturated heterocycles. The molecule has 1 heterocycles. The number of nitrogens with one attached hydrogen (secondary N) is 2. The van der Waals surface area contributed by atoms with E-state index >= 15 is 0 Å². The summed E-state index contributed by atoms with van der Waals surface area (Å²) in [6.07, 6.45) is 3.92. The molecule has 0 aromatic heterocycles. The van der Waals surface area contributed by atoms with Crippen molar-refractivity contribution in [2.75, 3.05) is 5.32 Å². The number of anilines is 1. The average Bonchev–Trinajstić information content (AvgIpc) is 2.62. The molecule has 0 radical (unpaired) electrons. The molecular weight excluding hydrogens is 272 g/mol. The van der Waals surface area contributed by atoms with Gasteiger partial charge in [-0.05, 0) is 36.8 Å². The standard InChI is InChI=1S/C14H12F4N2/c1-9-10(14(16,17)18)6-7-11(13(9)15)20-12-5-3-2-4-8-19-12/h2-8,19-20H,1H3. The van der Waals surface area contributed by atoms with Crippen LogP contribution < -0.4 is 10.6 Å². The van der Waals surface area contributed by atoms with Gasteiger partial charge in [-0.1, -0.05) is 12.2 Å². The molecule has 0 fully saturated rings. The van der Waals surface area contributed by atoms with Gasteiger partial charge in [0.25, 0.3) is 0 Å². The van der Waals surface area contributed by atoms with E-state index in [1.54, 1.807) is 30.5 Å². The van der Waals surface area contributed by atoms with Crippen molar-refractivity contribution in [3.63, 3.8) is 0 Å². The van der Waals surface area contributed by atoms with Gasteiger partial charge in [0.05, 0.1) is 11.3 Å². The van der Waals surface area contributed by atoms with Gasteiger partial charge in [-0.2, -0.15) is 13.2 Å². The first-order chi connectivity index (χ1) is 9.39. The van der Waals surface area contributed by atoms with Crippen LogP contribution in [0.4, 0.5) is 23.2 Å². The maximum Gasteiger partial charge on any atom is 0.416 e. The van der Waals surface area contributed by atoms with Crippen LogP contribution in [-0.4, -0.2) is 0 Å². The zero-order chi connectivity index (χ0) is 14.8. The van der Waals surface area contributed by atoms with Gasteiger partial charge in [0.1, 0.15) is 11.6 Å². The lowest BCUT2D eigenvalue weighted by atomic mass is 10.1. The molecule has 20 heavy (non-hydrogen) atoms. The van der Waals surface area contributed by atoms with Crippen LogP contribution in [0.1, 0.15) is 11.1 Å². The average molecular weight is 284 g/mol. The van der Waals surface area contributed by atoms with Crippen molar-refractivity contribution in [1.82, 2.24) is 5.32 Å². The maximum absolute atomic E-state index is 14.0. The summed E-state index contributed by atoms with van der Waals surface area (Å²) in [5.41, 5.74) is -1.41. The van der Waals surface area contributed by atoms with Crippen molar-refractivity contribution in [1.29, 1.82) is 0 Å². The van der Waals surface area contributed by atoms with Gasteiger partial charge in [0, 0.05) is 6.20 Å². The van der Waals surface area contributed by atoms with Gasteiger partial charge in [-0.15, -0.1) is 0 Å². The third-order valence-corrected chi connectivity index (χ3v) is 2.78. The van der Waals surface area contributed by atoms with E-state index in [1.807, 2.05) is 0 Å². The molecule has 1 aliphatic rings. The Labute approximate surface area is 113 Å². The largest absolute Gasteiger partial charge is 0.416 e. The molecule has 0 amide bonds. The van der Waals surface area contributed by atoms with E-state index in [9.17, 15) is 17.6 Å². The zero-order valence-corrected chi connectivity index (χ0v) is 10.6. The molecule has 0 bridgehead atoms. The molecule has 2 N–H and O–H groups in total. The van der Waals surface area contributed by atoms with Crippen molar-refractivity contribution < 1.29 is 17.6 Å². The van der Waals surface area contributed by atoms with E-state index in [2.05, 4.69) is 10.6 Å². The summed E-state index contributed by atoms with van der Waals surface area (Å²) in [6, 6.07) is 1.94. The van der Waals surface area contributed by atoms with Gasteiger partial charge in [0.15, 0.2) is 0 Å². The first-order valence-electron chi connectivity index (χ1n) is 5.83. The van der Waals surface area contributed by atoms with Crippen molar-refractivity contribution in [3.8, 4) is 0 Å². The Morgan fingerprint density at radius 2 is 1.85 bits per heavy atom. The molecule has 2 nitrogen and oxygen atoms in total. The van der Waals surface area contributed by atoms with E-state index in [1.165, 1.54) is 0 Å². The summed E-state index contributed by atoms with van der Waals surface area (Å²) in [5, 5.41) is 5.55. The Bertz CT molecular complexity index is 598. The number of benzene rings is 1. The van der Waals surface area contributed by atoms with Gasteiger partial charge in [-0.25, -0.2) is 4.39 Å². The smallest absolute Gasteiger partial charge is 0.348 e. The van der Waals surface area contributed by atoms with Gasteiger partial charge < -0.3 is 10.6 Å². The summed E-state index contributed by atoms with van der Waals surface area (Å²) in [4.78, 5) is 0. The monoisotopic (exact) mass is 284 g/mol. The van der Waals surface area contributed by atoms with Gasteiger partial charge >= 0.3 is 6.18 Å². The second kappa shape index (κ2) is 5.40. The van der Waals surface area contributed by atoms with E-state index in [-0.39, 0.29) is 5.69 Å². The summed E-state index contributed by atoms with van der Waals surface area (Å²) in [5.74, 6) is -0.451. The minimum Gasteiger partial charge on any atom is -0.348 e. The molecule has 0 unspecified atom stereocenters. The van der Waals surface area contributed by atoms with Gasteiger partial charge in [0.2, 0.25) is 0 Å². The molecule has 0 aliphatic carbocycles. The fourth-order valence-electron chi connectivity index (χ4n) is 1.77. The Morgan fingerprint density at radius 1 is 1.10 bits per heavy atom. The molecule has 2 rings (SSSR count). The van der Waals surface area contributed by atoms with Crippen LogP contribution in [0.5, 0.6) is 0 Å². The van der Waals surface area contributed by atoms with Crippen LogP contribution in [0, 0.1) is 12.7 Å². The number of alkyl halides is 3. The molecule has 1 aromatic rings. The van der Waals surface area contributed by atoms with Crippen molar-refractivity contribution in [2.24, 2.45) is 0 Å². The molecule has 1 aromatic carbocycles. The molecule has 0 spiro atoms. The summed E-state index contributed by atoms with van der Waals surface area (Å²) >= 11 is 0. The highest BCUT2D eigenvalue weighted by molar-refractivity contribution is 5.54.